The lowest BCUT2D eigenvalue weighted by Crippen LogP contribution is -2.38. The number of halogens is 2. The number of hydrogen-bond acceptors (Lipinski definition) is 3. The normalized spacial score (nSPS) is 14.5. The van der Waals surface area contributed by atoms with Crippen molar-refractivity contribution in [3.8, 4) is 11.5 Å². The molecule has 0 aromatic heterocycles. The third-order valence-electron chi connectivity index (χ3n) is 4.37. The first-order chi connectivity index (χ1) is 12.8. The Balaban J connectivity index is 1.70. The molecule has 1 unspecified atom stereocenters. The molecule has 0 bridgehead atoms. The number of ether oxygens (including phenoxy) is 1. The summed E-state index contributed by atoms with van der Waals surface area (Å²) >= 11 is 0. The molecule has 5 nitrogen and oxygen atoms in total. The zero-order valence-corrected chi connectivity index (χ0v) is 14.7. The molecule has 27 heavy (non-hydrogen) atoms. The van der Waals surface area contributed by atoms with Crippen molar-refractivity contribution >= 4 is 11.9 Å². The highest BCUT2D eigenvalue weighted by molar-refractivity contribution is 5.95. The minimum absolute atomic E-state index is 0.0809. The first-order valence-electron chi connectivity index (χ1n) is 8.62. The number of carboxylic acids is 1. The van der Waals surface area contributed by atoms with Gasteiger partial charge >= 0.3 is 5.97 Å². The first kappa shape index (κ1) is 18.8. The lowest BCUT2D eigenvalue weighted by Gasteiger charge is -2.24. The highest BCUT2D eigenvalue weighted by atomic mass is 19.2. The first-order valence-corrected chi connectivity index (χ1v) is 8.62. The molecule has 1 atom stereocenters. The molecule has 0 aliphatic heterocycles. The smallest absolute Gasteiger partial charge is 0.308 e. The third kappa shape index (κ3) is 4.61. The number of aliphatic carboxylic acids is 1. The molecule has 7 heteroatoms. The largest absolute Gasteiger partial charge is 0.481 e. The molecule has 1 N–H and O–H groups in total. The van der Waals surface area contributed by atoms with Crippen LogP contribution in [0.15, 0.2) is 42.5 Å². The molecule has 142 valence electrons. The summed E-state index contributed by atoms with van der Waals surface area (Å²) in [6, 6.07) is 9.55. The predicted octanol–water partition coefficient (Wildman–Crippen LogP) is 4.08. The maximum atomic E-state index is 13.2. The molecular formula is C20H19F2NO4. The van der Waals surface area contributed by atoms with Gasteiger partial charge in [-0.2, -0.15) is 0 Å². The van der Waals surface area contributed by atoms with Crippen LogP contribution in [-0.2, 0) is 4.79 Å². The number of hydrogen-bond donors (Lipinski definition) is 1. The van der Waals surface area contributed by atoms with Crippen LogP contribution in [0.1, 0.15) is 30.1 Å². The Morgan fingerprint density at radius 2 is 1.74 bits per heavy atom. The maximum absolute atomic E-state index is 13.2. The van der Waals surface area contributed by atoms with Crippen LogP contribution >= 0.6 is 0 Å². The number of benzene rings is 2. The Bertz CT molecular complexity index is 850. The fraction of sp³-hybridized carbons (Fsp3) is 0.300. The average molecular weight is 375 g/mol. The second-order valence-corrected chi connectivity index (χ2v) is 6.63. The van der Waals surface area contributed by atoms with Crippen LogP contribution in [0.5, 0.6) is 11.5 Å². The summed E-state index contributed by atoms with van der Waals surface area (Å²) in [5.41, 5.74) is 0.414. The van der Waals surface area contributed by atoms with Crippen molar-refractivity contribution in [2.45, 2.75) is 25.8 Å². The van der Waals surface area contributed by atoms with E-state index in [9.17, 15) is 18.4 Å². The molecule has 2 aromatic carbocycles. The second-order valence-electron chi connectivity index (χ2n) is 6.63. The van der Waals surface area contributed by atoms with Crippen LogP contribution in [0.4, 0.5) is 8.78 Å². The molecule has 0 saturated heterocycles. The van der Waals surface area contributed by atoms with E-state index in [-0.39, 0.29) is 24.2 Å². The van der Waals surface area contributed by atoms with E-state index in [4.69, 9.17) is 9.84 Å². The monoisotopic (exact) mass is 375 g/mol. The van der Waals surface area contributed by atoms with Crippen molar-refractivity contribution in [2.75, 3.05) is 6.54 Å². The van der Waals surface area contributed by atoms with Crippen molar-refractivity contribution in [1.29, 1.82) is 0 Å². The summed E-state index contributed by atoms with van der Waals surface area (Å²) in [5.74, 6) is -3.28. The van der Waals surface area contributed by atoms with Crippen LogP contribution in [0.25, 0.3) is 0 Å². The standard InChI is InChI=1S/C20H19F2NO4/c1-12(20(25)26)11-23(14-4-5-14)19(24)13-2-6-15(7-3-13)27-16-8-9-17(21)18(22)10-16/h2-3,6-10,12,14H,4-5,11H2,1H3,(H,25,26). The molecule has 0 spiro atoms. The van der Waals surface area contributed by atoms with Gasteiger partial charge in [0.1, 0.15) is 11.5 Å². The number of rotatable bonds is 7. The van der Waals surface area contributed by atoms with Gasteiger partial charge in [-0.05, 0) is 49.2 Å². The zero-order valence-electron chi connectivity index (χ0n) is 14.7. The molecule has 1 fully saturated rings. The minimum Gasteiger partial charge on any atom is -0.481 e. The third-order valence-corrected chi connectivity index (χ3v) is 4.37. The average Bonchev–Trinajstić information content (AvgIpc) is 3.47. The zero-order chi connectivity index (χ0) is 19.6. The van der Waals surface area contributed by atoms with E-state index in [1.807, 2.05) is 0 Å². The van der Waals surface area contributed by atoms with Gasteiger partial charge in [-0.15, -0.1) is 0 Å². The van der Waals surface area contributed by atoms with Crippen molar-refractivity contribution in [3.05, 3.63) is 59.7 Å². The highest BCUT2D eigenvalue weighted by Crippen LogP contribution is 2.30. The van der Waals surface area contributed by atoms with Gasteiger partial charge in [-0.25, -0.2) is 8.78 Å². The van der Waals surface area contributed by atoms with Crippen LogP contribution in [0.3, 0.4) is 0 Å². The summed E-state index contributed by atoms with van der Waals surface area (Å²) in [4.78, 5) is 25.4. The SMILES string of the molecule is CC(CN(C(=O)c1ccc(Oc2ccc(F)c(F)c2)cc1)C1CC1)C(=O)O. The molecule has 1 saturated carbocycles. The highest BCUT2D eigenvalue weighted by Gasteiger charge is 2.34. The molecule has 2 aromatic rings. The van der Waals surface area contributed by atoms with Gasteiger partial charge in [0.15, 0.2) is 11.6 Å². The van der Waals surface area contributed by atoms with Gasteiger partial charge < -0.3 is 14.7 Å². The van der Waals surface area contributed by atoms with E-state index >= 15 is 0 Å². The van der Waals surface area contributed by atoms with Gasteiger partial charge in [-0.1, -0.05) is 6.92 Å². The Kier molecular flexibility index (Phi) is 5.39. The maximum Gasteiger partial charge on any atom is 0.308 e. The molecule has 3 rings (SSSR count). The van der Waals surface area contributed by atoms with Crippen molar-refractivity contribution in [3.63, 3.8) is 0 Å². The minimum atomic E-state index is -1.01. The fourth-order valence-electron chi connectivity index (χ4n) is 2.66. The summed E-state index contributed by atoms with van der Waals surface area (Å²) in [7, 11) is 0. The number of carbonyl (C=O) groups is 2. The van der Waals surface area contributed by atoms with E-state index < -0.39 is 23.5 Å². The number of amides is 1. The second kappa shape index (κ2) is 7.73. The van der Waals surface area contributed by atoms with Gasteiger partial charge in [0.25, 0.3) is 5.91 Å². The van der Waals surface area contributed by atoms with Crippen LogP contribution < -0.4 is 4.74 Å². The summed E-state index contributed by atoms with van der Waals surface area (Å²) in [6.07, 6.45) is 1.74. The van der Waals surface area contributed by atoms with Gasteiger partial charge in [0.2, 0.25) is 0 Å². The van der Waals surface area contributed by atoms with Crippen LogP contribution in [0.2, 0.25) is 0 Å². The summed E-state index contributed by atoms with van der Waals surface area (Å²) in [6.45, 7) is 1.73. The summed E-state index contributed by atoms with van der Waals surface area (Å²) < 4.78 is 31.6. The quantitative estimate of drug-likeness (QED) is 0.792. The van der Waals surface area contributed by atoms with Crippen LogP contribution in [-0.4, -0.2) is 34.5 Å². The van der Waals surface area contributed by atoms with Gasteiger partial charge in [0, 0.05) is 24.2 Å². The lowest BCUT2D eigenvalue weighted by molar-refractivity contribution is -0.141. The predicted molar refractivity (Wildman–Crippen MR) is 93.7 cm³/mol. The van der Waals surface area contributed by atoms with Gasteiger partial charge in [-0.3, -0.25) is 9.59 Å². The van der Waals surface area contributed by atoms with E-state index in [2.05, 4.69) is 0 Å². The van der Waals surface area contributed by atoms with E-state index in [0.29, 0.717) is 11.3 Å². The van der Waals surface area contributed by atoms with E-state index in [1.54, 1.807) is 36.1 Å². The topological polar surface area (TPSA) is 66.8 Å². The van der Waals surface area contributed by atoms with Crippen molar-refractivity contribution in [1.82, 2.24) is 4.90 Å². The molecule has 0 heterocycles. The number of carbonyl (C=O) groups excluding carboxylic acids is 1. The Labute approximate surface area is 155 Å². The number of carboxylic acid groups (broad SMARTS) is 1. The Morgan fingerprint density at radius 3 is 2.30 bits per heavy atom. The Morgan fingerprint density at radius 1 is 1.11 bits per heavy atom. The molecular weight excluding hydrogens is 356 g/mol. The fourth-order valence-corrected chi connectivity index (χ4v) is 2.66. The lowest BCUT2D eigenvalue weighted by atomic mass is 10.1. The van der Waals surface area contributed by atoms with E-state index in [0.717, 1.165) is 25.0 Å². The molecule has 1 amide bonds. The number of nitrogens with zero attached hydrogens (tertiary/aromatic N) is 1. The molecule has 0 radical (unpaired) electrons. The Hall–Kier alpha value is -2.96. The van der Waals surface area contributed by atoms with Gasteiger partial charge in [0.05, 0.1) is 5.92 Å². The van der Waals surface area contributed by atoms with Crippen molar-refractivity contribution < 1.29 is 28.2 Å². The van der Waals surface area contributed by atoms with E-state index in [1.165, 1.54) is 6.07 Å². The summed E-state index contributed by atoms with van der Waals surface area (Å²) in [5, 5.41) is 9.09. The van der Waals surface area contributed by atoms with Crippen molar-refractivity contribution in [2.24, 2.45) is 5.92 Å². The molecule has 1 aliphatic rings. The van der Waals surface area contributed by atoms with Crippen LogP contribution in [0, 0.1) is 17.6 Å². The molecule has 1 aliphatic carbocycles.